The second kappa shape index (κ2) is 6.20. The molecule has 0 spiro atoms. The fourth-order valence-corrected chi connectivity index (χ4v) is 2.78. The van der Waals surface area contributed by atoms with Crippen LogP contribution in [0.4, 0.5) is 5.69 Å². The normalized spacial score (nSPS) is 12.0. The van der Waals surface area contributed by atoms with Gasteiger partial charge in [-0.1, -0.05) is 18.5 Å². The molecule has 1 atom stereocenters. The van der Waals surface area contributed by atoms with E-state index in [1.54, 1.807) is 18.9 Å². The van der Waals surface area contributed by atoms with Gasteiger partial charge in [-0.05, 0) is 24.6 Å². The summed E-state index contributed by atoms with van der Waals surface area (Å²) in [6.07, 6.45) is 1.47. The van der Waals surface area contributed by atoms with Gasteiger partial charge in [0.15, 0.2) is 0 Å². The summed E-state index contributed by atoms with van der Waals surface area (Å²) in [6, 6.07) is 5.84. The molecular weight excluding hydrogens is 302 g/mol. The van der Waals surface area contributed by atoms with Gasteiger partial charge in [0.2, 0.25) is 0 Å². The number of anilines is 1. The van der Waals surface area contributed by atoms with E-state index in [1.165, 1.54) is 6.20 Å². The van der Waals surface area contributed by atoms with Gasteiger partial charge in [-0.2, -0.15) is 5.26 Å². The lowest BCUT2D eigenvalue weighted by atomic mass is 10.1. The molecule has 0 saturated carbocycles. The maximum Gasteiger partial charge on any atom is 0.308 e. The van der Waals surface area contributed by atoms with Crippen LogP contribution in [0.1, 0.15) is 18.1 Å². The number of hydrogen-bond donors (Lipinski definition) is 1. The Morgan fingerprint density at radius 3 is 2.82 bits per heavy atom. The molecule has 0 fully saturated rings. The first kappa shape index (κ1) is 16.1. The number of halogens is 1. The zero-order valence-electron chi connectivity index (χ0n) is 12.6. The number of fused-ring (bicyclic) bond motifs is 1. The van der Waals surface area contributed by atoms with Gasteiger partial charge in [-0.3, -0.25) is 9.78 Å². The number of hydrogen-bond acceptors (Lipinski definition) is 4. The molecule has 1 unspecified atom stereocenters. The number of carboxylic acid groups (broad SMARTS) is 1. The predicted octanol–water partition coefficient (Wildman–Crippen LogP) is 3.23. The fourth-order valence-electron chi connectivity index (χ4n) is 2.45. The first-order valence-electron chi connectivity index (χ1n) is 6.78. The second-order valence-corrected chi connectivity index (χ2v) is 5.80. The number of aliphatic carboxylic acids is 1. The second-order valence-electron chi connectivity index (χ2n) is 5.40. The van der Waals surface area contributed by atoms with E-state index < -0.39 is 11.9 Å². The van der Waals surface area contributed by atoms with E-state index in [2.05, 4.69) is 11.1 Å². The Morgan fingerprint density at radius 1 is 1.55 bits per heavy atom. The molecular formula is C16H16ClN3O2. The van der Waals surface area contributed by atoms with Crippen LogP contribution < -0.4 is 4.90 Å². The maximum atomic E-state index is 11.1. The molecule has 1 N–H and O–H groups in total. The first-order valence-corrected chi connectivity index (χ1v) is 7.15. The van der Waals surface area contributed by atoms with Gasteiger partial charge >= 0.3 is 5.97 Å². The molecule has 0 aliphatic heterocycles. The van der Waals surface area contributed by atoms with Crippen molar-refractivity contribution in [3.63, 3.8) is 0 Å². The minimum absolute atomic E-state index is 0.286. The van der Waals surface area contributed by atoms with Gasteiger partial charge in [0.05, 0.1) is 27.7 Å². The van der Waals surface area contributed by atoms with Crippen molar-refractivity contribution in [2.75, 3.05) is 18.5 Å². The molecule has 0 amide bonds. The molecule has 1 heterocycles. The summed E-state index contributed by atoms with van der Waals surface area (Å²) in [6.45, 7) is 3.83. The minimum atomic E-state index is -0.877. The largest absolute Gasteiger partial charge is 0.481 e. The Morgan fingerprint density at radius 2 is 2.23 bits per heavy atom. The third kappa shape index (κ3) is 2.97. The molecule has 0 saturated heterocycles. The standard InChI is InChI=1S/C16H16ClN3O2/c1-9-4-12-14(13(17)5-9)19-7-11(6-18)15(12)20(3)8-10(2)16(21)22/h4-5,7,10H,8H2,1-3H3,(H,21,22). The molecule has 22 heavy (non-hydrogen) atoms. The fraction of sp³-hybridized carbons (Fsp3) is 0.312. The Balaban J connectivity index is 2.64. The molecule has 114 valence electrons. The van der Waals surface area contributed by atoms with Crippen molar-refractivity contribution in [2.45, 2.75) is 13.8 Å². The van der Waals surface area contributed by atoms with Crippen LogP contribution in [0, 0.1) is 24.2 Å². The summed E-state index contributed by atoms with van der Waals surface area (Å²) in [5, 5.41) is 19.7. The highest BCUT2D eigenvalue weighted by Crippen LogP contribution is 2.33. The molecule has 6 heteroatoms. The van der Waals surface area contributed by atoms with Gasteiger partial charge in [-0.25, -0.2) is 0 Å². The highest BCUT2D eigenvalue weighted by atomic mass is 35.5. The molecule has 0 radical (unpaired) electrons. The summed E-state index contributed by atoms with van der Waals surface area (Å²) in [5.74, 6) is -1.43. The van der Waals surface area contributed by atoms with Crippen molar-refractivity contribution in [2.24, 2.45) is 5.92 Å². The van der Waals surface area contributed by atoms with Crippen molar-refractivity contribution in [1.29, 1.82) is 5.26 Å². The van der Waals surface area contributed by atoms with E-state index >= 15 is 0 Å². The number of carbonyl (C=O) groups is 1. The number of aryl methyl sites for hydroxylation is 1. The zero-order valence-corrected chi connectivity index (χ0v) is 13.3. The Bertz CT molecular complexity index is 783. The number of nitrogens with zero attached hydrogens (tertiary/aromatic N) is 3. The smallest absolute Gasteiger partial charge is 0.308 e. The van der Waals surface area contributed by atoms with E-state index in [4.69, 9.17) is 16.7 Å². The summed E-state index contributed by atoms with van der Waals surface area (Å²) in [4.78, 5) is 17.1. The van der Waals surface area contributed by atoms with Crippen molar-refractivity contribution in [1.82, 2.24) is 4.98 Å². The number of rotatable bonds is 4. The van der Waals surface area contributed by atoms with E-state index in [-0.39, 0.29) is 6.54 Å². The van der Waals surface area contributed by atoms with Crippen LogP contribution in [0.15, 0.2) is 18.3 Å². The summed E-state index contributed by atoms with van der Waals surface area (Å²) in [7, 11) is 1.77. The van der Waals surface area contributed by atoms with Crippen molar-refractivity contribution < 1.29 is 9.90 Å². The average Bonchev–Trinajstić information content (AvgIpc) is 2.45. The number of nitriles is 1. The quantitative estimate of drug-likeness (QED) is 0.936. The topological polar surface area (TPSA) is 77.2 Å². The van der Waals surface area contributed by atoms with Crippen LogP contribution in [0.2, 0.25) is 5.02 Å². The summed E-state index contributed by atoms with van der Waals surface area (Å²) in [5.41, 5.74) is 2.62. The summed E-state index contributed by atoms with van der Waals surface area (Å²) >= 11 is 6.23. The van der Waals surface area contributed by atoms with Crippen LogP contribution in [0.5, 0.6) is 0 Å². The first-order chi connectivity index (χ1) is 10.3. The summed E-state index contributed by atoms with van der Waals surface area (Å²) < 4.78 is 0. The lowest BCUT2D eigenvalue weighted by Gasteiger charge is -2.24. The molecule has 0 aliphatic rings. The van der Waals surface area contributed by atoms with Gasteiger partial charge in [0, 0.05) is 25.2 Å². The van der Waals surface area contributed by atoms with E-state index in [0.29, 0.717) is 21.8 Å². The molecule has 2 rings (SSSR count). The van der Waals surface area contributed by atoms with Gasteiger partial charge < -0.3 is 10.0 Å². The highest BCUT2D eigenvalue weighted by molar-refractivity contribution is 6.35. The highest BCUT2D eigenvalue weighted by Gasteiger charge is 2.19. The van der Waals surface area contributed by atoms with Crippen LogP contribution in [0.25, 0.3) is 10.9 Å². The van der Waals surface area contributed by atoms with Crippen LogP contribution in [-0.2, 0) is 4.79 Å². The number of carboxylic acids is 1. The lowest BCUT2D eigenvalue weighted by molar-refractivity contribution is -0.140. The van der Waals surface area contributed by atoms with Gasteiger partial charge in [0.25, 0.3) is 0 Å². The van der Waals surface area contributed by atoms with Gasteiger partial charge in [0.1, 0.15) is 6.07 Å². The molecule has 0 aliphatic carbocycles. The monoisotopic (exact) mass is 317 g/mol. The van der Waals surface area contributed by atoms with Crippen molar-refractivity contribution >= 4 is 34.2 Å². The van der Waals surface area contributed by atoms with Crippen LogP contribution >= 0.6 is 11.6 Å². The molecule has 1 aromatic carbocycles. The molecule has 1 aromatic heterocycles. The van der Waals surface area contributed by atoms with Crippen LogP contribution in [0.3, 0.4) is 0 Å². The number of pyridine rings is 1. The Labute approximate surface area is 133 Å². The number of benzene rings is 1. The predicted molar refractivity (Wildman–Crippen MR) is 86.3 cm³/mol. The number of aromatic nitrogens is 1. The third-order valence-corrected chi connectivity index (χ3v) is 3.80. The van der Waals surface area contributed by atoms with Crippen molar-refractivity contribution in [3.05, 3.63) is 34.5 Å². The average molecular weight is 318 g/mol. The van der Waals surface area contributed by atoms with Crippen molar-refractivity contribution in [3.8, 4) is 6.07 Å². The Hall–Kier alpha value is -2.32. The third-order valence-electron chi connectivity index (χ3n) is 3.51. The molecule has 2 aromatic rings. The van der Waals surface area contributed by atoms with Gasteiger partial charge in [-0.15, -0.1) is 0 Å². The lowest BCUT2D eigenvalue weighted by Crippen LogP contribution is -2.29. The van der Waals surface area contributed by atoms with Crippen LogP contribution in [-0.4, -0.2) is 29.7 Å². The molecule has 0 bridgehead atoms. The maximum absolute atomic E-state index is 11.1. The zero-order chi connectivity index (χ0) is 16.4. The van der Waals surface area contributed by atoms with E-state index in [0.717, 1.165) is 10.9 Å². The Kier molecular flexibility index (Phi) is 4.53. The molecule has 5 nitrogen and oxygen atoms in total. The minimum Gasteiger partial charge on any atom is -0.481 e. The SMILES string of the molecule is Cc1cc(Cl)c2ncc(C#N)c(N(C)CC(C)C(=O)O)c2c1. The van der Waals surface area contributed by atoms with E-state index in [9.17, 15) is 10.1 Å². The van der Waals surface area contributed by atoms with E-state index in [1.807, 2.05) is 19.1 Å².